The standard InChI is InChI=1S/C13H20N2O3/c1-10(2)18-9-4-3-8-14-12-7-5-6-11(15-12)13(16)17/h5-7,10H,3-4,8-9H2,1-2H3,(H,14,15)(H,16,17). The molecule has 0 unspecified atom stereocenters. The second-order valence-corrected chi connectivity index (χ2v) is 4.27. The zero-order valence-corrected chi connectivity index (χ0v) is 10.8. The molecular weight excluding hydrogens is 232 g/mol. The van der Waals surface area contributed by atoms with Gasteiger partial charge in [-0.3, -0.25) is 0 Å². The van der Waals surface area contributed by atoms with E-state index in [-0.39, 0.29) is 11.8 Å². The SMILES string of the molecule is CC(C)OCCCCNc1cccc(C(=O)O)n1. The van der Waals surface area contributed by atoms with Crippen LogP contribution in [0.1, 0.15) is 37.2 Å². The maximum atomic E-state index is 10.7. The number of pyridine rings is 1. The zero-order chi connectivity index (χ0) is 13.4. The lowest BCUT2D eigenvalue weighted by Crippen LogP contribution is -2.09. The van der Waals surface area contributed by atoms with Crippen molar-refractivity contribution in [1.82, 2.24) is 4.98 Å². The highest BCUT2D eigenvalue weighted by Crippen LogP contribution is 2.05. The van der Waals surface area contributed by atoms with Crippen LogP contribution in [0.2, 0.25) is 0 Å². The van der Waals surface area contributed by atoms with Gasteiger partial charge in [0.15, 0.2) is 5.69 Å². The summed E-state index contributed by atoms with van der Waals surface area (Å²) in [6.45, 7) is 5.54. The van der Waals surface area contributed by atoms with Crippen molar-refractivity contribution in [1.29, 1.82) is 0 Å². The third-order valence-corrected chi connectivity index (χ3v) is 2.30. The van der Waals surface area contributed by atoms with E-state index in [1.165, 1.54) is 6.07 Å². The van der Waals surface area contributed by atoms with Crippen molar-refractivity contribution in [2.45, 2.75) is 32.8 Å². The lowest BCUT2D eigenvalue weighted by atomic mass is 10.3. The second kappa shape index (κ2) is 7.66. The first-order valence-electron chi connectivity index (χ1n) is 6.15. The first-order valence-corrected chi connectivity index (χ1v) is 6.15. The number of aromatic nitrogens is 1. The Bertz CT molecular complexity index is 380. The van der Waals surface area contributed by atoms with Crippen molar-refractivity contribution in [3.05, 3.63) is 23.9 Å². The van der Waals surface area contributed by atoms with Crippen LogP contribution in [0.3, 0.4) is 0 Å². The summed E-state index contributed by atoms with van der Waals surface area (Å²) in [7, 11) is 0. The fraction of sp³-hybridized carbons (Fsp3) is 0.538. The fourth-order valence-electron chi connectivity index (χ4n) is 1.41. The van der Waals surface area contributed by atoms with E-state index in [4.69, 9.17) is 9.84 Å². The molecule has 1 heterocycles. The molecule has 0 aliphatic carbocycles. The Hall–Kier alpha value is -1.62. The minimum Gasteiger partial charge on any atom is -0.477 e. The van der Waals surface area contributed by atoms with Crippen molar-refractivity contribution in [2.75, 3.05) is 18.5 Å². The van der Waals surface area contributed by atoms with Crippen molar-refractivity contribution in [3.63, 3.8) is 0 Å². The Balaban J connectivity index is 2.23. The molecule has 5 heteroatoms. The third kappa shape index (κ3) is 5.63. The molecule has 0 aromatic carbocycles. The lowest BCUT2D eigenvalue weighted by molar-refractivity contribution is 0.0690. The van der Waals surface area contributed by atoms with Crippen molar-refractivity contribution in [2.24, 2.45) is 0 Å². The van der Waals surface area contributed by atoms with Gasteiger partial charge in [0.2, 0.25) is 0 Å². The number of carbonyl (C=O) groups is 1. The Morgan fingerprint density at radius 3 is 2.89 bits per heavy atom. The van der Waals surface area contributed by atoms with Crippen LogP contribution < -0.4 is 5.32 Å². The van der Waals surface area contributed by atoms with Gasteiger partial charge in [-0.05, 0) is 38.8 Å². The third-order valence-electron chi connectivity index (χ3n) is 2.30. The van der Waals surface area contributed by atoms with Crippen LogP contribution in [0.4, 0.5) is 5.82 Å². The number of ether oxygens (including phenoxy) is 1. The van der Waals surface area contributed by atoms with E-state index in [0.29, 0.717) is 5.82 Å². The van der Waals surface area contributed by atoms with E-state index in [0.717, 1.165) is 26.0 Å². The number of nitrogens with one attached hydrogen (secondary N) is 1. The van der Waals surface area contributed by atoms with Crippen LogP contribution in [0.5, 0.6) is 0 Å². The molecule has 0 amide bonds. The maximum absolute atomic E-state index is 10.7. The van der Waals surface area contributed by atoms with E-state index in [1.54, 1.807) is 12.1 Å². The molecule has 0 aliphatic rings. The molecule has 0 atom stereocenters. The second-order valence-electron chi connectivity index (χ2n) is 4.27. The summed E-state index contributed by atoms with van der Waals surface area (Å²) in [6, 6.07) is 4.92. The van der Waals surface area contributed by atoms with Gasteiger partial charge in [0.05, 0.1) is 6.10 Å². The number of unbranched alkanes of at least 4 members (excludes halogenated alkanes) is 1. The monoisotopic (exact) mass is 252 g/mol. The van der Waals surface area contributed by atoms with E-state index in [2.05, 4.69) is 10.3 Å². The highest BCUT2D eigenvalue weighted by Gasteiger charge is 2.04. The van der Waals surface area contributed by atoms with Crippen LogP contribution in [0.25, 0.3) is 0 Å². The predicted octanol–water partition coefficient (Wildman–Crippen LogP) is 2.40. The Morgan fingerprint density at radius 2 is 2.22 bits per heavy atom. The molecule has 0 spiro atoms. The van der Waals surface area contributed by atoms with Crippen LogP contribution >= 0.6 is 0 Å². The van der Waals surface area contributed by atoms with Crippen molar-refractivity contribution in [3.8, 4) is 0 Å². The molecule has 1 aromatic heterocycles. The summed E-state index contributed by atoms with van der Waals surface area (Å²) in [5.41, 5.74) is 0.0585. The smallest absolute Gasteiger partial charge is 0.354 e. The molecule has 100 valence electrons. The molecule has 1 rings (SSSR count). The van der Waals surface area contributed by atoms with Crippen LogP contribution in [-0.2, 0) is 4.74 Å². The van der Waals surface area contributed by atoms with Crippen LogP contribution in [0, 0.1) is 0 Å². The van der Waals surface area contributed by atoms with E-state index >= 15 is 0 Å². The summed E-state index contributed by atoms with van der Waals surface area (Å²) in [5, 5.41) is 11.9. The molecule has 1 aromatic rings. The maximum Gasteiger partial charge on any atom is 0.354 e. The summed E-state index contributed by atoms with van der Waals surface area (Å²) in [6.07, 6.45) is 2.21. The van der Waals surface area contributed by atoms with Gasteiger partial charge in [0.25, 0.3) is 0 Å². The zero-order valence-electron chi connectivity index (χ0n) is 10.8. The minimum atomic E-state index is -1.01. The number of carboxylic acids is 1. The highest BCUT2D eigenvalue weighted by atomic mass is 16.5. The Labute approximate surface area is 107 Å². The van der Waals surface area contributed by atoms with E-state index in [9.17, 15) is 4.79 Å². The van der Waals surface area contributed by atoms with Crippen LogP contribution in [0.15, 0.2) is 18.2 Å². The Kier molecular flexibility index (Phi) is 6.14. The molecule has 2 N–H and O–H groups in total. The van der Waals surface area contributed by atoms with Gasteiger partial charge in [-0.1, -0.05) is 6.07 Å². The molecule has 0 fully saturated rings. The van der Waals surface area contributed by atoms with Gasteiger partial charge in [-0.25, -0.2) is 9.78 Å². The van der Waals surface area contributed by atoms with Crippen LogP contribution in [-0.4, -0.2) is 35.3 Å². The molecule has 0 saturated heterocycles. The number of hydrogen-bond donors (Lipinski definition) is 2. The molecule has 0 bridgehead atoms. The Morgan fingerprint density at radius 1 is 1.44 bits per heavy atom. The van der Waals surface area contributed by atoms with Crippen molar-refractivity contribution >= 4 is 11.8 Å². The van der Waals surface area contributed by atoms with Gasteiger partial charge in [0.1, 0.15) is 5.82 Å². The minimum absolute atomic E-state index is 0.0585. The first kappa shape index (κ1) is 14.4. The predicted molar refractivity (Wildman–Crippen MR) is 70.0 cm³/mol. The summed E-state index contributed by atoms with van der Waals surface area (Å²) in [5.74, 6) is -0.413. The molecule has 0 saturated carbocycles. The number of carboxylic acid groups (broad SMARTS) is 1. The average molecular weight is 252 g/mol. The summed E-state index contributed by atoms with van der Waals surface area (Å²) < 4.78 is 5.42. The van der Waals surface area contributed by atoms with Gasteiger partial charge >= 0.3 is 5.97 Å². The lowest BCUT2D eigenvalue weighted by Gasteiger charge is -2.08. The number of hydrogen-bond acceptors (Lipinski definition) is 4. The van der Waals surface area contributed by atoms with Gasteiger partial charge in [-0.15, -0.1) is 0 Å². The summed E-state index contributed by atoms with van der Waals surface area (Å²) >= 11 is 0. The number of anilines is 1. The van der Waals surface area contributed by atoms with E-state index < -0.39 is 5.97 Å². The summed E-state index contributed by atoms with van der Waals surface area (Å²) in [4.78, 5) is 14.7. The molecular formula is C13H20N2O3. The fourth-order valence-corrected chi connectivity index (χ4v) is 1.41. The van der Waals surface area contributed by atoms with E-state index in [1.807, 2.05) is 13.8 Å². The quantitative estimate of drug-likeness (QED) is 0.695. The van der Waals surface area contributed by atoms with Gasteiger partial charge in [0, 0.05) is 13.2 Å². The average Bonchev–Trinajstić information content (AvgIpc) is 2.33. The number of rotatable bonds is 8. The molecule has 18 heavy (non-hydrogen) atoms. The van der Waals surface area contributed by atoms with Crippen molar-refractivity contribution < 1.29 is 14.6 Å². The normalized spacial score (nSPS) is 10.6. The number of aromatic carboxylic acids is 1. The largest absolute Gasteiger partial charge is 0.477 e. The highest BCUT2D eigenvalue weighted by molar-refractivity contribution is 5.85. The molecule has 0 aliphatic heterocycles. The molecule has 5 nitrogen and oxygen atoms in total. The molecule has 0 radical (unpaired) electrons. The topological polar surface area (TPSA) is 71.5 Å². The number of nitrogens with zero attached hydrogens (tertiary/aromatic N) is 1. The van der Waals surface area contributed by atoms with Gasteiger partial charge < -0.3 is 15.2 Å². The first-order chi connectivity index (χ1) is 8.59. The van der Waals surface area contributed by atoms with Gasteiger partial charge in [-0.2, -0.15) is 0 Å².